The molecule has 0 aromatic heterocycles. The van der Waals surface area contributed by atoms with E-state index in [0.29, 0.717) is 5.02 Å². The first-order chi connectivity index (χ1) is 15.2. The third-order valence-electron chi connectivity index (χ3n) is 5.81. The zero-order valence-electron chi connectivity index (χ0n) is 17.5. The average Bonchev–Trinajstić information content (AvgIpc) is 3.26. The maximum Gasteiger partial charge on any atom is 0.213 e. The van der Waals surface area contributed by atoms with E-state index in [2.05, 4.69) is 36.2 Å². The number of rotatable bonds is 6. The number of para-hydroxylation sites is 1. The molecular weight excluding hydrogens is 408 g/mol. The fraction of sp³-hybridized carbons (Fsp3) is 0.269. The van der Waals surface area contributed by atoms with Crippen LogP contribution in [0.5, 0.6) is 11.5 Å². The lowest BCUT2D eigenvalue weighted by Gasteiger charge is -2.38. The predicted octanol–water partition coefficient (Wildman–Crippen LogP) is 6.76. The Bertz CT molecular complexity index is 1080. The number of unbranched alkanes of at least 4 members (excludes halogenated alkanes) is 1. The van der Waals surface area contributed by atoms with Crippen LogP contribution < -0.4 is 9.47 Å². The van der Waals surface area contributed by atoms with Crippen LogP contribution in [0.15, 0.2) is 77.9 Å². The van der Waals surface area contributed by atoms with Crippen LogP contribution in [0.1, 0.15) is 55.1 Å². The fourth-order valence-corrected chi connectivity index (χ4v) is 4.26. The van der Waals surface area contributed by atoms with Gasteiger partial charge >= 0.3 is 0 Å². The van der Waals surface area contributed by atoms with Gasteiger partial charge in [0.2, 0.25) is 6.23 Å². The molecule has 31 heavy (non-hydrogen) atoms. The lowest BCUT2D eigenvalue weighted by Crippen LogP contribution is -2.33. The summed E-state index contributed by atoms with van der Waals surface area (Å²) in [5, 5.41) is 7.82. The molecule has 0 unspecified atom stereocenters. The highest BCUT2D eigenvalue weighted by Crippen LogP contribution is 2.47. The van der Waals surface area contributed by atoms with Crippen molar-refractivity contribution in [3.8, 4) is 11.5 Å². The van der Waals surface area contributed by atoms with Crippen LogP contribution in [0.3, 0.4) is 0 Å². The van der Waals surface area contributed by atoms with E-state index in [4.69, 9.17) is 26.2 Å². The third kappa shape index (κ3) is 4.00. The molecule has 0 saturated carbocycles. The summed E-state index contributed by atoms with van der Waals surface area (Å²) in [5.74, 6) is 1.82. The Morgan fingerprint density at radius 2 is 1.81 bits per heavy atom. The molecule has 0 bridgehead atoms. The van der Waals surface area contributed by atoms with Crippen molar-refractivity contribution in [1.29, 1.82) is 0 Å². The van der Waals surface area contributed by atoms with Crippen molar-refractivity contribution < 1.29 is 9.47 Å². The lowest BCUT2D eigenvalue weighted by atomic mass is 9.96. The first kappa shape index (κ1) is 20.0. The van der Waals surface area contributed by atoms with E-state index < -0.39 is 0 Å². The summed E-state index contributed by atoms with van der Waals surface area (Å²) in [6, 6.07) is 24.5. The normalized spacial score (nSPS) is 19.3. The van der Waals surface area contributed by atoms with Gasteiger partial charge in [-0.05, 0) is 54.4 Å². The summed E-state index contributed by atoms with van der Waals surface area (Å²) in [6.07, 6.45) is 2.74. The Morgan fingerprint density at radius 1 is 1.03 bits per heavy atom. The molecule has 2 aliphatic rings. The van der Waals surface area contributed by atoms with Gasteiger partial charge in [-0.3, -0.25) is 0 Å². The molecule has 0 spiro atoms. The number of hydrogen-bond donors (Lipinski definition) is 0. The molecule has 0 radical (unpaired) electrons. The Kier molecular flexibility index (Phi) is 5.56. The van der Waals surface area contributed by atoms with E-state index in [1.807, 2.05) is 48.5 Å². The second-order valence-corrected chi connectivity index (χ2v) is 8.37. The number of fused-ring (bicyclic) bond motifs is 3. The molecule has 3 aromatic rings. The molecule has 3 aromatic carbocycles. The summed E-state index contributed by atoms with van der Waals surface area (Å²) < 4.78 is 12.2. The summed E-state index contributed by atoms with van der Waals surface area (Å²) in [7, 11) is 0. The topological polar surface area (TPSA) is 34.1 Å². The number of nitrogens with zero attached hydrogens (tertiary/aromatic N) is 2. The molecule has 2 heterocycles. The highest BCUT2D eigenvalue weighted by atomic mass is 35.5. The van der Waals surface area contributed by atoms with Gasteiger partial charge in [0.1, 0.15) is 11.5 Å². The third-order valence-corrected chi connectivity index (χ3v) is 6.06. The van der Waals surface area contributed by atoms with Gasteiger partial charge in [-0.1, -0.05) is 55.3 Å². The minimum atomic E-state index is -0.286. The highest BCUT2D eigenvalue weighted by Gasteiger charge is 2.40. The van der Waals surface area contributed by atoms with E-state index in [-0.39, 0.29) is 12.3 Å². The van der Waals surface area contributed by atoms with E-state index in [1.165, 1.54) is 5.56 Å². The minimum absolute atomic E-state index is 0.140. The Hall–Kier alpha value is -2.98. The van der Waals surface area contributed by atoms with Gasteiger partial charge in [0.15, 0.2) is 0 Å². The molecule has 0 aliphatic carbocycles. The summed E-state index contributed by atoms with van der Waals surface area (Å²) in [6.45, 7) is 2.92. The van der Waals surface area contributed by atoms with Gasteiger partial charge < -0.3 is 9.47 Å². The molecule has 158 valence electrons. The SMILES string of the molecule is CCCCOc1ccc(C2=NN3[C@H](C2)c2ccccc2O[C@H]3c2ccc(Cl)cc2)cc1. The molecular formula is C26H25ClN2O2. The molecule has 0 amide bonds. The van der Waals surface area contributed by atoms with Gasteiger partial charge in [-0.25, -0.2) is 5.01 Å². The molecule has 2 atom stereocenters. The molecule has 4 nitrogen and oxygen atoms in total. The van der Waals surface area contributed by atoms with Crippen LogP contribution in [-0.4, -0.2) is 17.3 Å². The average molecular weight is 433 g/mol. The Labute approximate surface area is 188 Å². The number of hydrogen-bond acceptors (Lipinski definition) is 4. The van der Waals surface area contributed by atoms with Crippen LogP contribution in [-0.2, 0) is 0 Å². The van der Waals surface area contributed by atoms with Crippen molar-refractivity contribution in [1.82, 2.24) is 5.01 Å². The zero-order chi connectivity index (χ0) is 21.2. The van der Waals surface area contributed by atoms with Crippen molar-refractivity contribution in [3.05, 3.63) is 94.5 Å². The largest absolute Gasteiger partial charge is 0.494 e. The monoisotopic (exact) mass is 432 g/mol. The number of ether oxygens (including phenoxy) is 2. The van der Waals surface area contributed by atoms with Gasteiger partial charge in [-0.15, -0.1) is 0 Å². The Morgan fingerprint density at radius 3 is 2.58 bits per heavy atom. The van der Waals surface area contributed by atoms with Gasteiger partial charge in [0, 0.05) is 22.6 Å². The first-order valence-electron chi connectivity index (χ1n) is 10.8. The number of halogens is 1. The smallest absolute Gasteiger partial charge is 0.213 e. The van der Waals surface area contributed by atoms with Gasteiger partial charge in [-0.2, -0.15) is 5.10 Å². The van der Waals surface area contributed by atoms with Crippen molar-refractivity contribution in [2.45, 2.75) is 38.5 Å². The molecule has 0 N–H and O–H groups in total. The van der Waals surface area contributed by atoms with Crippen molar-refractivity contribution in [2.24, 2.45) is 5.10 Å². The van der Waals surface area contributed by atoms with Crippen molar-refractivity contribution in [2.75, 3.05) is 6.61 Å². The standard InChI is InChI=1S/C26H25ClN2O2/c1-2-3-16-30-21-14-10-18(11-15-21)23-17-24-22-6-4-5-7-25(22)31-26(29(24)28-23)19-8-12-20(27)13-9-19/h4-15,24,26H,2-3,16-17H2,1H3/t24-,26+/m1/s1. The van der Waals surface area contributed by atoms with Crippen LogP contribution >= 0.6 is 11.6 Å². The van der Waals surface area contributed by atoms with E-state index >= 15 is 0 Å². The molecule has 0 saturated heterocycles. The quantitative estimate of drug-likeness (QED) is 0.403. The maximum atomic E-state index is 6.39. The molecule has 5 rings (SSSR count). The second-order valence-electron chi connectivity index (χ2n) is 7.93. The summed E-state index contributed by atoms with van der Waals surface area (Å²) in [4.78, 5) is 0. The van der Waals surface area contributed by atoms with E-state index in [9.17, 15) is 0 Å². The second kappa shape index (κ2) is 8.64. The molecule has 0 fully saturated rings. The van der Waals surface area contributed by atoms with Crippen LogP contribution in [0.2, 0.25) is 5.02 Å². The fourth-order valence-electron chi connectivity index (χ4n) is 4.13. The number of benzene rings is 3. The molecule has 2 aliphatic heterocycles. The zero-order valence-corrected chi connectivity index (χ0v) is 18.3. The van der Waals surface area contributed by atoms with Crippen LogP contribution in [0, 0.1) is 0 Å². The molecule has 5 heteroatoms. The number of hydrazone groups is 1. The maximum absolute atomic E-state index is 6.39. The highest BCUT2D eigenvalue weighted by molar-refractivity contribution is 6.30. The first-order valence-corrected chi connectivity index (χ1v) is 11.2. The van der Waals surface area contributed by atoms with E-state index in [1.54, 1.807) is 0 Å². The van der Waals surface area contributed by atoms with Crippen molar-refractivity contribution >= 4 is 17.3 Å². The van der Waals surface area contributed by atoms with Crippen LogP contribution in [0.25, 0.3) is 0 Å². The summed E-state index contributed by atoms with van der Waals surface area (Å²) in [5.41, 5.74) is 4.38. The lowest BCUT2D eigenvalue weighted by molar-refractivity contribution is -0.0190. The van der Waals surface area contributed by atoms with Gasteiger partial charge in [0.25, 0.3) is 0 Å². The van der Waals surface area contributed by atoms with Crippen molar-refractivity contribution in [3.63, 3.8) is 0 Å². The summed E-state index contributed by atoms with van der Waals surface area (Å²) >= 11 is 6.11. The minimum Gasteiger partial charge on any atom is -0.494 e. The van der Waals surface area contributed by atoms with Crippen LogP contribution in [0.4, 0.5) is 0 Å². The predicted molar refractivity (Wildman–Crippen MR) is 124 cm³/mol. The van der Waals surface area contributed by atoms with E-state index in [0.717, 1.165) is 54.2 Å². The van der Waals surface area contributed by atoms with Gasteiger partial charge in [0.05, 0.1) is 18.4 Å². The Balaban J connectivity index is 1.45.